The van der Waals surface area contributed by atoms with Gasteiger partial charge in [-0.1, -0.05) is 0 Å². The van der Waals surface area contributed by atoms with E-state index in [0.717, 1.165) is 39.7 Å². The molecule has 11 heteroatoms. The van der Waals surface area contributed by atoms with Crippen LogP contribution in [0.3, 0.4) is 0 Å². The van der Waals surface area contributed by atoms with E-state index >= 15 is 0 Å². The molecule has 0 aliphatic rings. The van der Waals surface area contributed by atoms with E-state index < -0.39 is 8.07 Å². The molecule has 0 bridgehead atoms. The predicted molar refractivity (Wildman–Crippen MR) is 132 cm³/mol. The van der Waals surface area contributed by atoms with Gasteiger partial charge in [-0.05, 0) is 76.8 Å². The van der Waals surface area contributed by atoms with Crippen LogP contribution >= 0.6 is 0 Å². The van der Waals surface area contributed by atoms with Gasteiger partial charge in [0.25, 0.3) is 7.12 Å². The van der Waals surface area contributed by atoms with Crippen LogP contribution in [0.2, 0.25) is 25.2 Å². The summed E-state index contributed by atoms with van der Waals surface area (Å²) in [5.41, 5.74) is 7.01. The third kappa shape index (κ3) is 8.57. The van der Waals surface area contributed by atoms with Crippen molar-refractivity contribution < 1.29 is 28.5 Å². The van der Waals surface area contributed by atoms with Gasteiger partial charge in [0.05, 0.1) is 17.1 Å². The standard InChI is InChI=1S/C15H21BN6.C6H13Si.2CO.W/c1-10-7-13(4)20(17-10)16(21-14(5)8-11(2)18-21)22-15(6)9-12(3)19-22;1-6(2)7(3,4)5;2*1-2;/h7-9H,1-6H3;6H,1,3-5H3;;;/q-1;;;;+1. The van der Waals surface area contributed by atoms with Crippen molar-refractivity contribution in [2.45, 2.75) is 73.6 Å². The molecule has 8 nitrogen and oxygen atoms in total. The summed E-state index contributed by atoms with van der Waals surface area (Å²) in [5.74, 6) is 0. The Kier molecular flexibility index (Phi) is 13.4. The first-order chi connectivity index (χ1) is 15.8. The summed E-state index contributed by atoms with van der Waals surface area (Å²) in [4.78, 5) is 0. The number of hydrogen-bond acceptors (Lipinski definition) is 3. The van der Waals surface area contributed by atoms with Crippen molar-refractivity contribution in [2.75, 3.05) is 0 Å². The van der Waals surface area contributed by atoms with E-state index in [1.807, 2.05) is 34.5 Å². The van der Waals surface area contributed by atoms with E-state index in [-0.39, 0.29) is 7.12 Å². The molecule has 0 aliphatic heterocycles. The van der Waals surface area contributed by atoms with Gasteiger partial charge in [0.2, 0.25) is 0 Å². The molecule has 181 valence electrons. The van der Waals surface area contributed by atoms with Gasteiger partial charge in [0, 0.05) is 0 Å². The Balaban J connectivity index is 0.000000769. The molecule has 1 unspecified atom stereocenters. The van der Waals surface area contributed by atoms with Crippen molar-refractivity contribution in [3.63, 3.8) is 0 Å². The number of aryl methyl sites for hydroxylation is 6. The second kappa shape index (κ2) is 14.3. The number of aromatic nitrogens is 6. The SMILES string of the molecule is CC([C]#[W+])[Si](C)(C)C.Cc1cc(C)n([B-](n2nc(C)cc2C)n2nc(C)cc2C)n1.[C-]#[O+].[C-]#[O+]. The quantitative estimate of drug-likeness (QED) is 0.241. The van der Waals surface area contributed by atoms with Gasteiger partial charge in [-0.25, -0.2) is 15.3 Å². The van der Waals surface area contributed by atoms with Crippen molar-refractivity contribution in [2.24, 2.45) is 0 Å². The number of hydrogen-bond donors (Lipinski definition) is 0. The first kappa shape index (κ1) is 31.9. The van der Waals surface area contributed by atoms with Crippen LogP contribution < -0.4 is 0 Å². The molecule has 1 atom stereocenters. The van der Waals surface area contributed by atoms with Crippen LogP contribution in [0.4, 0.5) is 0 Å². The molecule has 0 aliphatic carbocycles. The molecule has 34 heavy (non-hydrogen) atoms. The predicted octanol–water partition coefficient (Wildman–Crippen LogP) is 4.20. The molecule has 0 N–H and O–H groups in total. The van der Waals surface area contributed by atoms with Crippen LogP contribution in [0.1, 0.15) is 41.1 Å². The van der Waals surface area contributed by atoms with Crippen LogP contribution in [-0.2, 0) is 28.5 Å². The van der Waals surface area contributed by atoms with Gasteiger partial charge in [-0.3, -0.25) is 0 Å². The summed E-state index contributed by atoms with van der Waals surface area (Å²) in [6.07, 6.45) is 0. The van der Waals surface area contributed by atoms with E-state index in [1.54, 1.807) is 0 Å². The van der Waals surface area contributed by atoms with Crippen molar-refractivity contribution in [1.82, 2.24) is 29.1 Å². The molecule has 0 spiro atoms. The minimum atomic E-state index is -0.851. The monoisotopic (exact) mass is 649 g/mol. The Morgan fingerprint density at radius 2 is 1.03 bits per heavy atom. The van der Waals surface area contributed by atoms with Crippen LogP contribution in [-0.4, -0.2) is 44.3 Å². The number of nitrogens with zero attached hydrogens (tertiary/aromatic N) is 6. The third-order valence-electron chi connectivity index (χ3n) is 5.27. The molecule has 0 saturated heterocycles. The zero-order valence-corrected chi connectivity index (χ0v) is 25.7. The average molecular weight is 649 g/mol. The fraction of sp³-hybridized carbons (Fsp3) is 0.478. The van der Waals surface area contributed by atoms with E-state index in [1.165, 1.54) is 19.2 Å². The summed E-state index contributed by atoms with van der Waals surface area (Å²) in [5, 5.41) is 14.0. The Bertz CT molecular complexity index is 1030. The molecule has 3 aromatic heterocycles. The first-order valence-corrected chi connectivity index (χ1v) is 15.8. The average Bonchev–Trinajstić information content (AvgIpc) is 3.40. The minimum absolute atomic E-state index is 0.226. The molecular weight excluding hydrogens is 615 g/mol. The maximum atomic E-state index is 7.50. The fourth-order valence-corrected chi connectivity index (χ4v) is 7.29. The molecule has 0 amide bonds. The van der Waals surface area contributed by atoms with E-state index in [0.29, 0.717) is 0 Å². The molecule has 3 heterocycles. The van der Waals surface area contributed by atoms with Gasteiger partial charge in [-0.2, -0.15) is 0 Å². The normalized spacial score (nSPS) is 11.1. The zero-order chi connectivity index (χ0) is 26.8. The first-order valence-electron chi connectivity index (χ1n) is 10.7. The van der Waals surface area contributed by atoms with E-state index in [4.69, 9.17) is 9.30 Å². The van der Waals surface area contributed by atoms with Crippen molar-refractivity contribution in [1.29, 1.82) is 0 Å². The maximum absolute atomic E-state index is 7.50. The fourth-order valence-electron chi connectivity index (χ4n) is 3.13. The van der Waals surface area contributed by atoms with Crippen LogP contribution in [0.5, 0.6) is 0 Å². The van der Waals surface area contributed by atoms with Gasteiger partial charge >= 0.3 is 86.1 Å². The summed E-state index contributed by atoms with van der Waals surface area (Å²) in [7, 11) is -1.08. The van der Waals surface area contributed by atoms with Crippen LogP contribution in [0.15, 0.2) is 18.2 Å². The summed E-state index contributed by atoms with van der Waals surface area (Å²) >= 11 is 1.50. The molecule has 3 rings (SSSR count). The Morgan fingerprint density at radius 1 is 0.765 bits per heavy atom. The van der Waals surface area contributed by atoms with Gasteiger partial charge in [-0.15, -0.1) is 0 Å². The summed E-state index contributed by atoms with van der Waals surface area (Å²) in [6.45, 7) is 30.6. The van der Waals surface area contributed by atoms with Crippen LogP contribution in [0, 0.1) is 59.0 Å². The van der Waals surface area contributed by atoms with Gasteiger partial charge in [0.15, 0.2) is 0 Å². The van der Waals surface area contributed by atoms with E-state index in [9.17, 15) is 0 Å². The molecule has 1 radical (unpaired) electrons. The van der Waals surface area contributed by atoms with Crippen molar-refractivity contribution >= 4 is 15.2 Å². The van der Waals surface area contributed by atoms with Crippen molar-refractivity contribution in [3.05, 3.63) is 65.7 Å². The molecule has 0 aromatic carbocycles. The van der Waals surface area contributed by atoms with E-state index in [2.05, 4.69) is 98.3 Å². The summed E-state index contributed by atoms with van der Waals surface area (Å²) in [6, 6.07) is 6.22. The van der Waals surface area contributed by atoms with Crippen LogP contribution in [0.25, 0.3) is 0 Å². The molecular formula is C23H34BN6O2SiW. The Labute approximate surface area is 215 Å². The van der Waals surface area contributed by atoms with Gasteiger partial charge in [0.1, 0.15) is 0 Å². The molecule has 0 saturated carbocycles. The molecule has 3 aromatic rings. The third-order valence-corrected chi connectivity index (χ3v) is 10.1. The van der Waals surface area contributed by atoms with Crippen molar-refractivity contribution in [3.8, 4) is 4.20 Å². The second-order valence-corrected chi connectivity index (χ2v) is 15.6. The summed E-state index contributed by atoms with van der Waals surface area (Å²) < 4.78 is 24.3. The number of rotatable bonds is 4. The Morgan fingerprint density at radius 3 is 1.15 bits per heavy atom. The molecule has 0 fully saturated rings. The zero-order valence-electron chi connectivity index (χ0n) is 21.8. The second-order valence-electron chi connectivity index (χ2n) is 9.17. The van der Waals surface area contributed by atoms with Gasteiger partial charge < -0.3 is 13.8 Å². The topological polar surface area (TPSA) is 93.3 Å². The Hall–Kier alpha value is -2.14.